The molecule has 2 N–H and O–H groups in total. The average Bonchev–Trinajstić information content (AvgIpc) is 3.11. The number of hydrogen-bond acceptors (Lipinski definition) is 2. The van der Waals surface area contributed by atoms with Crippen LogP contribution in [0.15, 0.2) is 34.7 Å². The first kappa shape index (κ1) is 10.6. The number of furan rings is 1. The largest absolute Gasteiger partial charge is 0.459 e. The highest BCUT2D eigenvalue weighted by molar-refractivity contribution is 5.77. The van der Waals surface area contributed by atoms with Crippen LogP contribution in [0.1, 0.15) is 37.5 Å². The van der Waals surface area contributed by atoms with Gasteiger partial charge in [0.05, 0.1) is 6.04 Å². The molecule has 4 rings (SSSR count). The van der Waals surface area contributed by atoms with E-state index in [1.54, 1.807) is 0 Å². The minimum atomic E-state index is 0.0905. The van der Waals surface area contributed by atoms with Crippen molar-refractivity contribution in [1.29, 1.82) is 0 Å². The molecule has 1 heterocycles. The Morgan fingerprint density at radius 2 is 2.06 bits per heavy atom. The fourth-order valence-corrected chi connectivity index (χ4v) is 4.11. The molecule has 0 amide bonds. The Hall–Kier alpha value is -1.28. The van der Waals surface area contributed by atoms with Crippen LogP contribution in [-0.2, 0) is 0 Å². The Bertz CT molecular complexity index is 540. The summed E-state index contributed by atoms with van der Waals surface area (Å²) >= 11 is 0. The predicted molar refractivity (Wildman–Crippen MR) is 72.1 cm³/mol. The normalized spacial score (nSPS) is 32.2. The molecule has 2 aliphatic rings. The van der Waals surface area contributed by atoms with Gasteiger partial charge in [-0.2, -0.15) is 0 Å². The summed E-state index contributed by atoms with van der Waals surface area (Å²) in [5, 5.41) is 1.17. The fourth-order valence-electron chi connectivity index (χ4n) is 4.11. The molecule has 2 aromatic rings. The highest BCUT2D eigenvalue weighted by Crippen LogP contribution is 2.52. The number of fused-ring (bicyclic) bond motifs is 3. The van der Waals surface area contributed by atoms with Gasteiger partial charge in [0.1, 0.15) is 11.3 Å². The van der Waals surface area contributed by atoms with Crippen molar-refractivity contribution < 1.29 is 4.42 Å². The van der Waals surface area contributed by atoms with Gasteiger partial charge in [-0.1, -0.05) is 24.6 Å². The summed E-state index contributed by atoms with van der Waals surface area (Å²) in [5.74, 6) is 3.41. The summed E-state index contributed by atoms with van der Waals surface area (Å²) in [5.41, 5.74) is 7.42. The molecule has 94 valence electrons. The van der Waals surface area contributed by atoms with Crippen molar-refractivity contribution in [3.05, 3.63) is 36.1 Å². The van der Waals surface area contributed by atoms with Gasteiger partial charge >= 0.3 is 0 Å². The number of rotatable bonds is 2. The Kier molecular flexibility index (Phi) is 2.28. The maximum absolute atomic E-state index is 6.46. The summed E-state index contributed by atoms with van der Waals surface area (Å²) in [6.45, 7) is 0. The third-order valence-corrected chi connectivity index (χ3v) is 5.03. The molecule has 2 nitrogen and oxygen atoms in total. The van der Waals surface area contributed by atoms with Crippen molar-refractivity contribution in [2.24, 2.45) is 23.5 Å². The molecule has 18 heavy (non-hydrogen) atoms. The van der Waals surface area contributed by atoms with Crippen LogP contribution in [0.5, 0.6) is 0 Å². The summed E-state index contributed by atoms with van der Waals surface area (Å²) in [6, 6.07) is 10.4. The standard InChI is InChI=1S/C16H19NO/c17-16(13-8-10-5-6-11(13)7-10)15-9-12-3-1-2-4-14(12)18-15/h1-4,9-11,13,16H,5-8,17H2. The van der Waals surface area contributed by atoms with E-state index in [-0.39, 0.29) is 6.04 Å². The lowest BCUT2D eigenvalue weighted by atomic mass is 9.83. The van der Waals surface area contributed by atoms with Crippen molar-refractivity contribution in [2.75, 3.05) is 0 Å². The molecule has 4 unspecified atom stereocenters. The summed E-state index contributed by atoms with van der Waals surface area (Å²) in [6.07, 6.45) is 5.51. The van der Waals surface area contributed by atoms with Gasteiger partial charge in [0, 0.05) is 5.39 Å². The first-order valence-corrected chi connectivity index (χ1v) is 7.05. The third kappa shape index (κ3) is 1.52. The average molecular weight is 241 g/mol. The van der Waals surface area contributed by atoms with Gasteiger partial charge in [-0.15, -0.1) is 0 Å². The summed E-state index contributed by atoms with van der Waals surface area (Å²) in [7, 11) is 0. The van der Waals surface area contributed by atoms with Crippen LogP contribution in [-0.4, -0.2) is 0 Å². The SMILES string of the molecule is NC(c1cc2ccccc2o1)C1CC2CCC1C2. The van der Waals surface area contributed by atoms with Crippen molar-refractivity contribution in [3.63, 3.8) is 0 Å². The second kappa shape index (κ2) is 3.86. The van der Waals surface area contributed by atoms with E-state index in [9.17, 15) is 0 Å². The fraction of sp³-hybridized carbons (Fsp3) is 0.500. The van der Waals surface area contributed by atoms with Gasteiger partial charge in [-0.3, -0.25) is 0 Å². The minimum absolute atomic E-state index is 0.0905. The Morgan fingerprint density at radius 3 is 2.78 bits per heavy atom. The first-order valence-electron chi connectivity index (χ1n) is 7.05. The Labute approximate surface area is 107 Å². The summed E-state index contributed by atoms with van der Waals surface area (Å²) < 4.78 is 5.92. The van der Waals surface area contributed by atoms with Crippen LogP contribution >= 0.6 is 0 Å². The molecule has 0 aliphatic heterocycles. The van der Waals surface area contributed by atoms with Crippen LogP contribution in [0, 0.1) is 17.8 Å². The predicted octanol–water partition coefficient (Wildman–Crippen LogP) is 3.87. The molecule has 1 aromatic carbocycles. The monoisotopic (exact) mass is 241 g/mol. The van der Waals surface area contributed by atoms with Crippen molar-refractivity contribution in [2.45, 2.75) is 31.7 Å². The lowest BCUT2D eigenvalue weighted by molar-refractivity contribution is 0.263. The molecule has 2 heteroatoms. The number of benzene rings is 1. The molecule has 2 fully saturated rings. The Morgan fingerprint density at radius 1 is 1.17 bits per heavy atom. The highest BCUT2D eigenvalue weighted by Gasteiger charge is 2.43. The van der Waals surface area contributed by atoms with E-state index in [1.807, 2.05) is 18.2 Å². The van der Waals surface area contributed by atoms with Crippen molar-refractivity contribution in [3.8, 4) is 0 Å². The second-order valence-electron chi connectivity index (χ2n) is 6.05. The van der Waals surface area contributed by atoms with E-state index in [1.165, 1.54) is 31.1 Å². The van der Waals surface area contributed by atoms with E-state index < -0.39 is 0 Å². The van der Waals surface area contributed by atoms with Crippen LogP contribution in [0.4, 0.5) is 0 Å². The maximum atomic E-state index is 6.46. The molecule has 2 bridgehead atoms. The van der Waals surface area contributed by atoms with Gasteiger partial charge in [0.2, 0.25) is 0 Å². The van der Waals surface area contributed by atoms with Crippen LogP contribution < -0.4 is 5.73 Å². The lowest BCUT2D eigenvalue weighted by Crippen LogP contribution is -2.25. The maximum Gasteiger partial charge on any atom is 0.134 e. The number of hydrogen-bond donors (Lipinski definition) is 1. The highest BCUT2D eigenvalue weighted by atomic mass is 16.3. The first-order chi connectivity index (χ1) is 8.81. The molecule has 2 aliphatic carbocycles. The van der Waals surface area contributed by atoms with Crippen LogP contribution in [0.3, 0.4) is 0 Å². The lowest BCUT2D eigenvalue weighted by Gasteiger charge is -2.26. The molecule has 2 saturated carbocycles. The smallest absolute Gasteiger partial charge is 0.134 e. The molecule has 4 atom stereocenters. The number of para-hydroxylation sites is 1. The van der Waals surface area contributed by atoms with Crippen molar-refractivity contribution >= 4 is 11.0 Å². The molecular formula is C16H19NO. The zero-order valence-electron chi connectivity index (χ0n) is 10.5. The van der Waals surface area contributed by atoms with E-state index >= 15 is 0 Å². The van der Waals surface area contributed by atoms with Gasteiger partial charge in [0.25, 0.3) is 0 Å². The summed E-state index contributed by atoms with van der Waals surface area (Å²) in [4.78, 5) is 0. The topological polar surface area (TPSA) is 39.2 Å². The quantitative estimate of drug-likeness (QED) is 0.866. The van der Waals surface area contributed by atoms with E-state index in [4.69, 9.17) is 10.2 Å². The van der Waals surface area contributed by atoms with Crippen molar-refractivity contribution in [1.82, 2.24) is 0 Å². The van der Waals surface area contributed by atoms with Crippen LogP contribution in [0.25, 0.3) is 11.0 Å². The second-order valence-corrected chi connectivity index (χ2v) is 6.05. The number of nitrogens with two attached hydrogens (primary N) is 1. The molecular weight excluding hydrogens is 222 g/mol. The van der Waals surface area contributed by atoms with E-state index in [0.717, 1.165) is 23.2 Å². The molecule has 0 saturated heterocycles. The molecule has 1 aromatic heterocycles. The van der Waals surface area contributed by atoms with Crippen LogP contribution in [0.2, 0.25) is 0 Å². The van der Waals surface area contributed by atoms with Gasteiger partial charge in [-0.25, -0.2) is 0 Å². The van der Waals surface area contributed by atoms with E-state index in [0.29, 0.717) is 5.92 Å². The van der Waals surface area contributed by atoms with Gasteiger partial charge in [0.15, 0.2) is 0 Å². The molecule has 0 radical (unpaired) electrons. The zero-order chi connectivity index (χ0) is 12.1. The van der Waals surface area contributed by atoms with E-state index in [2.05, 4.69) is 12.1 Å². The minimum Gasteiger partial charge on any atom is -0.459 e. The zero-order valence-corrected chi connectivity index (χ0v) is 10.5. The van der Waals surface area contributed by atoms with Gasteiger partial charge < -0.3 is 10.2 Å². The molecule has 0 spiro atoms. The van der Waals surface area contributed by atoms with Gasteiger partial charge in [-0.05, 0) is 49.1 Å². The Balaban J connectivity index is 1.66. The third-order valence-electron chi connectivity index (χ3n) is 5.03.